The predicted molar refractivity (Wildman–Crippen MR) is 80.1 cm³/mol. The summed E-state index contributed by atoms with van der Waals surface area (Å²) in [5.41, 5.74) is 1.45. The summed E-state index contributed by atoms with van der Waals surface area (Å²) in [6, 6.07) is 4.69. The van der Waals surface area contributed by atoms with E-state index in [2.05, 4.69) is 11.8 Å². The molecule has 1 aliphatic rings. The van der Waals surface area contributed by atoms with Gasteiger partial charge in [-0.1, -0.05) is 25.8 Å². The molecule has 0 spiro atoms. The molecular weight excluding hydrogens is 253 g/mol. The van der Waals surface area contributed by atoms with Crippen molar-refractivity contribution in [2.75, 3.05) is 14.1 Å². The number of halogens is 1. The number of aliphatic hydroxyl groups excluding tert-OH is 1. The molecule has 1 fully saturated rings. The fraction of sp³-hybridized carbons (Fsp3) is 0.647. The van der Waals surface area contributed by atoms with E-state index in [4.69, 9.17) is 0 Å². The van der Waals surface area contributed by atoms with Crippen molar-refractivity contribution in [2.24, 2.45) is 5.92 Å². The number of aryl methyl sites for hydroxylation is 1. The van der Waals surface area contributed by atoms with Crippen molar-refractivity contribution in [1.82, 2.24) is 4.90 Å². The molecular formula is C17H26FNO. The van der Waals surface area contributed by atoms with Crippen LogP contribution in [0.2, 0.25) is 0 Å². The number of rotatable bonds is 3. The molecule has 112 valence electrons. The molecule has 0 aliphatic heterocycles. The molecule has 1 aromatic rings. The lowest BCUT2D eigenvalue weighted by Gasteiger charge is -2.48. The summed E-state index contributed by atoms with van der Waals surface area (Å²) in [5, 5.41) is 11.0. The molecule has 1 aromatic carbocycles. The van der Waals surface area contributed by atoms with Crippen LogP contribution in [0.4, 0.5) is 4.39 Å². The maximum Gasteiger partial charge on any atom is 0.123 e. The van der Waals surface area contributed by atoms with Crippen LogP contribution in [0, 0.1) is 18.7 Å². The molecule has 1 aliphatic carbocycles. The molecule has 20 heavy (non-hydrogen) atoms. The Labute approximate surface area is 121 Å². The van der Waals surface area contributed by atoms with Crippen LogP contribution in [-0.2, 0) is 0 Å². The predicted octanol–water partition coefficient (Wildman–Crippen LogP) is 3.68. The van der Waals surface area contributed by atoms with Crippen molar-refractivity contribution >= 4 is 0 Å². The number of likely N-dealkylation sites (N-methyl/N-ethyl adjacent to an activating group) is 1. The largest absolute Gasteiger partial charge is 0.386 e. The summed E-state index contributed by atoms with van der Waals surface area (Å²) in [5.74, 6) is 0.371. The Kier molecular flexibility index (Phi) is 4.50. The molecule has 0 saturated heterocycles. The van der Waals surface area contributed by atoms with Gasteiger partial charge in [0.25, 0.3) is 0 Å². The highest BCUT2D eigenvalue weighted by Crippen LogP contribution is 2.44. The van der Waals surface area contributed by atoms with E-state index in [1.165, 1.54) is 18.6 Å². The second-order valence-corrected chi connectivity index (χ2v) is 6.60. The van der Waals surface area contributed by atoms with E-state index in [1.54, 1.807) is 6.07 Å². The van der Waals surface area contributed by atoms with E-state index in [1.807, 2.05) is 21.0 Å². The van der Waals surface area contributed by atoms with Gasteiger partial charge in [0.15, 0.2) is 0 Å². The van der Waals surface area contributed by atoms with Gasteiger partial charge in [0, 0.05) is 0 Å². The molecule has 2 rings (SSSR count). The summed E-state index contributed by atoms with van der Waals surface area (Å²) in [6.45, 7) is 4.12. The van der Waals surface area contributed by atoms with Gasteiger partial charge in [-0.2, -0.15) is 0 Å². The lowest BCUT2D eigenvalue weighted by molar-refractivity contribution is -0.0453. The summed E-state index contributed by atoms with van der Waals surface area (Å²) >= 11 is 0. The number of hydrogen-bond acceptors (Lipinski definition) is 2. The van der Waals surface area contributed by atoms with Crippen LogP contribution < -0.4 is 0 Å². The zero-order valence-corrected chi connectivity index (χ0v) is 13.0. The van der Waals surface area contributed by atoms with Crippen LogP contribution in [-0.4, -0.2) is 29.6 Å². The van der Waals surface area contributed by atoms with Gasteiger partial charge >= 0.3 is 0 Å². The van der Waals surface area contributed by atoms with E-state index in [0.29, 0.717) is 5.92 Å². The highest BCUT2D eigenvalue weighted by Gasteiger charge is 2.44. The second-order valence-electron chi connectivity index (χ2n) is 6.60. The third kappa shape index (κ3) is 2.75. The molecule has 3 heteroatoms. The van der Waals surface area contributed by atoms with Crippen LogP contribution >= 0.6 is 0 Å². The molecule has 3 unspecified atom stereocenters. The molecule has 0 bridgehead atoms. The first-order valence-electron chi connectivity index (χ1n) is 7.48. The maximum absolute atomic E-state index is 13.3. The van der Waals surface area contributed by atoms with Crippen LogP contribution in [0.25, 0.3) is 0 Å². The summed E-state index contributed by atoms with van der Waals surface area (Å²) < 4.78 is 13.3. The first-order valence-corrected chi connectivity index (χ1v) is 7.48. The van der Waals surface area contributed by atoms with Gasteiger partial charge in [0.1, 0.15) is 5.82 Å². The van der Waals surface area contributed by atoms with Gasteiger partial charge in [0.05, 0.1) is 11.6 Å². The van der Waals surface area contributed by atoms with Crippen molar-refractivity contribution in [3.63, 3.8) is 0 Å². The molecule has 3 atom stereocenters. The number of hydrogen-bond donors (Lipinski definition) is 1. The molecule has 2 nitrogen and oxygen atoms in total. The molecule has 0 aromatic heterocycles. The molecule has 0 radical (unpaired) electrons. The standard InChI is InChI=1S/C17H26FNO/c1-12-6-5-9-17(11-12,19(3)4)16(20)15-8-7-14(18)10-13(15)2/h7-8,10,12,16,20H,5-6,9,11H2,1-4H3. The quantitative estimate of drug-likeness (QED) is 0.912. The zero-order chi connectivity index (χ0) is 14.9. The van der Waals surface area contributed by atoms with Gasteiger partial charge in [0.2, 0.25) is 0 Å². The first kappa shape index (κ1) is 15.5. The van der Waals surface area contributed by atoms with E-state index in [9.17, 15) is 9.50 Å². The highest BCUT2D eigenvalue weighted by molar-refractivity contribution is 5.31. The fourth-order valence-electron chi connectivity index (χ4n) is 3.70. The SMILES string of the molecule is Cc1cc(F)ccc1C(O)C1(N(C)C)CCCC(C)C1. The van der Waals surface area contributed by atoms with Gasteiger partial charge in [-0.3, -0.25) is 0 Å². The topological polar surface area (TPSA) is 23.5 Å². The summed E-state index contributed by atoms with van der Waals surface area (Å²) in [7, 11) is 4.08. The fourth-order valence-corrected chi connectivity index (χ4v) is 3.70. The first-order chi connectivity index (χ1) is 9.36. The van der Waals surface area contributed by atoms with Gasteiger partial charge in [-0.25, -0.2) is 4.39 Å². The Bertz CT molecular complexity index is 474. The molecule has 1 N–H and O–H groups in total. The zero-order valence-electron chi connectivity index (χ0n) is 13.0. The minimum absolute atomic E-state index is 0.236. The smallest absolute Gasteiger partial charge is 0.123 e. The van der Waals surface area contributed by atoms with Crippen LogP contribution in [0.15, 0.2) is 18.2 Å². The third-order valence-electron chi connectivity index (χ3n) is 4.93. The average molecular weight is 279 g/mol. The minimum atomic E-state index is -0.569. The van der Waals surface area contributed by atoms with Crippen LogP contribution in [0.3, 0.4) is 0 Å². The maximum atomic E-state index is 13.3. The number of aliphatic hydroxyl groups is 1. The molecule has 0 heterocycles. The van der Waals surface area contributed by atoms with Gasteiger partial charge in [-0.05, 0) is 63.0 Å². The monoisotopic (exact) mass is 279 g/mol. The Morgan fingerprint density at radius 2 is 2.10 bits per heavy atom. The Balaban J connectivity index is 2.38. The highest BCUT2D eigenvalue weighted by atomic mass is 19.1. The Morgan fingerprint density at radius 1 is 1.40 bits per heavy atom. The van der Waals surface area contributed by atoms with Gasteiger partial charge < -0.3 is 10.0 Å². The lowest BCUT2D eigenvalue weighted by atomic mass is 9.70. The Morgan fingerprint density at radius 3 is 2.65 bits per heavy atom. The second kappa shape index (κ2) is 5.82. The lowest BCUT2D eigenvalue weighted by Crippen LogP contribution is -2.52. The Hall–Kier alpha value is -0.930. The number of benzene rings is 1. The van der Waals surface area contributed by atoms with E-state index in [0.717, 1.165) is 30.4 Å². The molecule has 1 saturated carbocycles. The van der Waals surface area contributed by atoms with Crippen molar-refractivity contribution in [3.8, 4) is 0 Å². The number of nitrogens with zero attached hydrogens (tertiary/aromatic N) is 1. The van der Waals surface area contributed by atoms with Crippen molar-refractivity contribution in [1.29, 1.82) is 0 Å². The van der Waals surface area contributed by atoms with Crippen molar-refractivity contribution < 1.29 is 9.50 Å². The molecule has 0 amide bonds. The summed E-state index contributed by atoms with van der Waals surface area (Å²) in [6.07, 6.45) is 3.77. The minimum Gasteiger partial charge on any atom is -0.386 e. The van der Waals surface area contributed by atoms with E-state index >= 15 is 0 Å². The summed E-state index contributed by atoms with van der Waals surface area (Å²) in [4.78, 5) is 2.16. The van der Waals surface area contributed by atoms with Gasteiger partial charge in [-0.15, -0.1) is 0 Å². The van der Waals surface area contributed by atoms with Crippen molar-refractivity contribution in [3.05, 3.63) is 35.1 Å². The van der Waals surface area contributed by atoms with Crippen molar-refractivity contribution in [2.45, 2.75) is 51.2 Å². The average Bonchev–Trinajstić information content (AvgIpc) is 2.37. The van der Waals surface area contributed by atoms with Crippen LogP contribution in [0.1, 0.15) is 49.8 Å². The van der Waals surface area contributed by atoms with E-state index < -0.39 is 6.10 Å². The normalized spacial score (nSPS) is 28.6. The van der Waals surface area contributed by atoms with Crippen LogP contribution in [0.5, 0.6) is 0 Å². The van der Waals surface area contributed by atoms with E-state index in [-0.39, 0.29) is 11.4 Å². The third-order valence-corrected chi connectivity index (χ3v) is 4.93.